The molecule has 0 atom stereocenters. The highest BCUT2D eigenvalue weighted by Gasteiger charge is 2.21. The molecule has 0 aliphatic carbocycles. The normalized spacial score (nSPS) is 10.0. The summed E-state index contributed by atoms with van der Waals surface area (Å²) in [5, 5.41) is 16.9. The number of rotatable bonds is 5. The van der Waals surface area contributed by atoms with Crippen LogP contribution in [0.4, 0.5) is 4.39 Å². The summed E-state index contributed by atoms with van der Waals surface area (Å²) in [4.78, 5) is 33.7. The van der Waals surface area contributed by atoms with Crippen LogP contribution in [0.2, 0.25) is 5.02 Å². The molecule has 0 saturated heterocycles. The molecule has 1 aromatic carbocycles. The Morgan fingerprint density at radius 1 is 1.16 bits per heavy atom. The van der Waals surface area contributed by atoms with Gasteiger partial charge in [-0.3, -0.25) is 14.4 Å². The number of carbonyl (C=O) groups is 3. The van der Waals surface area contributed by atoms with Crippen LogP contribution in [0.5, 0.6) is 0 Å². The lowest BCUT2D eigenvalue weighted by Crippen LogP contribution is -2.39. The third-order valence-electron chi connectivity index (χ3n) is 2.11. The molecule has 1 rings (SSSR count). The smallest absolute Gasteiger partial charge is 0.323 e. The Balaban J connectivity index is 3.00. The van der Waals surface area contributed by atoms with E-state index in [0.717, 1.165) is 18.2 Å². The molecule has 0 unspecified atom stereocenters. The number of halogens is 2. The number of carbonyl (C=O) groups excluding carboxylic acids is 1. The largest absolute Gasteiger partial charge is 0.480 e. The van der Waals surface area contributed by atoms with E-state index >= 15 is 0 Å². The summed E-state index contributed by atoms with van der Waals surface area (Å²) in [5.41, 5.74) is -0.0890. The summed E-state index contributed by atoms with van der Waals surface area (Å²) in [7, 11) is 0. The van der Waals surface area contributed by atoms with E-state index < -0.39 is 36.8 Å². The Bertz CT molecular complexity index is 518. The summed E-state index contributed by atoms with van der Waals surface area (Å²) in [6.45, 7) is -1.56. The molecule has 0 aliphatic rings. The van der Waals surface area contributed by atoms with Crippen molar-refractivity contribution in [2.75, 3.05) is 13.1 Å². The molecular formula is C11H9ClFNO5. The summed E-state index contributed by atoms with van der Waals surface area (Å²) in [6, 6.07) is 3.05. The molecule has 0 spiro atoms. The third-order valence-corrected chi connectivity index (χ3v) is 2.40. The number of carboxylic acids is 2. The van der Waals surface area contributed by atoms with Gasteiger partial charge in [0, 0.05) is 5.56 Å². The van der Waals surface area contributed by atoms with Gasteiger partial charge in [0.05, 0.1) is 5.02 Å². The van der Waals surface area contributed by atoms with Gasteiger partial charge in [0.25, 0.3) is 5.91 Å². The van der Waals surface area contributed by atoms with Gasteiger partial charge in [0.2, 0.25) is 0 Å². The fourth-order valence-electron chi connectivity index (χ4n) is 1.34. The molecule has 102 valence electrons. The monoisotopic (exact) mass is 289 g/mol. The van der Waals surface area contributed by atoms with Gasteiger partial charge in [-0.1, -0.05) is 11.6 Å². The van der Waals surface area contributed by atoms with Crippen LogP contribution in [0, 0.1) is 5.82 Å². The predicted octanol–water partition coefficient (Wildman–Crippen LogP) is 1.09. The quantitative estimate of drug-likeness (QED) is 0.846. The first-order valence-electron chi connectivity index (χ1n) is 4.99. The number of nitrogens with zero attached hydrogens (tertiary/aromatic N) is 1. The van der Waals surface area contributed by atoms with Gasteiger partial charge >= 0.3 is 11.9 Å². The second-order valence-corrected chi connectivity index (χ2v) is 3.98. The molecule has 2 N–H and O–H groups in total. The van der Waals surface area contributed by atoms with Crippen LogP contribution in [0.15, 0.2) is 18.2 Å². The average molecular weight is 290 g/mol. The summed E-state index contributed by atoms with van der Waals surface area (Å²) in [6.07, 6.45) is 0. The molecule has 0 heterocycles. The Morgan fingerprint density at radius 3 is 2.11 bits per heavy atom. The van der Waals surface area contributed by atoms with E-state index in [1.165, 1.54) is 0 Å². The summed E-state index contributed by atoms with van der Waals surface area (Å²) in [5.74, 6) is -4.31. The number of amides is 1. The van der Waals surface area contributed by atoms with Crippen molar-refractivity contribution in [2.24, 2.45) is 0 Å². The first-order chi connectivity index (χ1) is 8.81. The zero-order valence-corrected chi connectivity index (χ0v) is 10.2. The standard InChI is InChI=1S/C11H9ClFNO5/c12-7-3-6(1-2-8(7)13)11(19)14(4-9(15)16)5-10(17)18/h1-3H,4-5H2,(H,15,16)(H,17,18). The zero-order valence-electron chi connectivity index (χ0n) is 9.47. The maximum atomic E-state index is 12.9. The van der Waals surface area contributed by atoms with Crippen molar-refractivity contribution in [1.82, 2.24) is 4.90 Å². The van der Waals surface area contributed by atoms with Crippen LogP contribution in [0.25, 0.3) is 0 Å². The lowest BCUT2D eigenvalue weighted by molar-refractivity contribution is -0.140. The van der Waals surface area contributed by atoms with Crippen LogP contribution in [0.1, 0.15) is 10.4 Å². The number of aliphatic carboxylic acids is 2. The molecule has 0 saturated carbocycles. The topological polar surface area (TPSA) is 94.9 Å². The molecule has 19 heavy (non-hydrogen) atoms. The SMILES string of the molecule is O=C(O)CN(CC(=O)O)C(=O)c1ccc(F)c(Cl)c1. The number of hydrogen-bond acceptors (Lipinski definition) is 3. The van der Waals surface area contributed by atoms with Crippen molar-refractivity contribution < 1.29 is 29.0 Å². The second kappa shape index (κ2) is 6.14. The first kappa shape index (κ1) is 14.9. The summed E-state index contributed by atoms with van der Waals surface area (Å²) < 4.78 is 12.9. The maximum Gasteiger partial charge on any atom is 0.323 e. The molecule has 0 fully saturated rings. The highest BCUT2D eigenvalue weighted by molar-refractivity contribution is 6.31. The highest BCUT2D eigenvalue weighted by Crippen LogP contribution is 2.17. The van der Waals surface area contributed by atoms with E-state index in [1.54, 1.807) is 0 Å². The van der Waals surface area contributed by atoms with E-state index in [-0.39, 0.29) is 10.6 Å². The van der Waals surface area contributed by atoms with E-state index in [4.69, 9.17) is 21.8 Å². The number of hydrogen-bond donors (Lipinski definition) is 2. The van der Waals surface area contributed by atoms with E-state index in [2.05, 4.69) is 0 Å². The van der Waals surface area contributed by atoms with Crippen LogP contribution in [-0.2, 0) is 9.59 Å². The van der Waals surface area contributed by atoms with Gasteiger partial charge in [-0.2, -0.15) is 0 Å². The van der Waals surface area contributed by atoms with Crippen LogP contribution in [-0.4, -0.2) is 46.0 Å². The lowest BCUT2D eigenvalue weighted by Gasteiger charge is -2.18. The van der Waals surface area contributed by atoms with Crippen molar-refractivity contribution in [3.63, 3.8) is 0 Å². The molecule has 6 nitrogen and oxygen atoms in total. The Hall–Kier alpha value is -2.15. The number of carboxylic acid groups (broad SMARTS) is 2. The van der Waals surface area contributed by atoms with Gasteiger partial charge in [-0.15, -0.1) is 0 Å². The first-order valence-corrected chi connectivity index (χ1v) is 5.37. The van der Waals surface area contributed by atoms with Gasteiger partial charge in [0.15, 0.2) is 0 Å². The molecule has 0 aliphatic heterocycles. The van der Waals surface area contributed by atoms with Crippen LogP contribution >= 0.6 is 11.6 Å². The minimum Gasteiger partial charge on any atom is -0.480 e. The minimum absolute atomic E-state index is 0.0890. The lowest BCUT2D eigenvalue weighted by atomic mass is 10.2. The molecular weight excluding hydrogens is 281 g/mol. The molecule has 0 radical (unpaired) electrons. The van der Waals surface area contributed by atoms with Gasteiger partial charge in [0.1, 0.15) is 18.9 Å². The molecule has 0 aromatic heterocycles. The molecule has 1 aromatic rings. The van der Waals surface area contributed by atoms with Crippen molar-refractivity contribution in [3.05, 3.63) is 34.6 Å². The molecule has 0 bridgehead atoms. The second-order valence-electron chi connectivity index (χ2n) is 3.58. The van der Waals surface area contributed by atoms with E-state index in [9.17, 15) is 18.8 Å². The predicted molar refractivity (Wildman–Crippen MR) is 62.6 cm³/mol. The van der Waals surface area contributed by atoms with Crippen molar-refractivity contribution >= 4 is 29.4 Å². The fourth-order valence-corrected chi connectivity index (χ4v) is 1.52. The maximum absolute atomic E-state index is 12.9. The Morgan fingerprint density at radius 2 is 1.68 bits per heavy atom. The Labute approximate surface area is 112 Å². The Kier molecular flexibility index (Phi) is 4.82. The van der Waals surface area contributed by atoms with E-state index in [1.807, 2.05) is 0 Å². The average Bonchev–Trinajstić information content (AvgIpc) is 2.29. The van der Waals surface area contributed by atoms with Crippen molar-refractivity contribution in [3.8, 4) is 0 Å². The zero-order chi connectivity index (χ0) is 14.6. The molecule has 8 heteroatoms. The summed E-state index contributed by atoms with van der Waals surface area (Å²) >= 11 is 5.50. The number of benzene rings is 1. The van der Waals surface area contributed by atoms with Crippen molar-refractivity contribution in [1.29, 1.82) is 0 Å². The van der Waals surface area contributed by atoms with Gasteiger partial charge < -0.3 is 15.1 Å². The van der Waals surface area contributed by atoms with E-state index in [0.29, 0.717) is 4.90 Å². The van der Waals surface area contributed by atoms with Crippen LogP contribution < -0.4 is 0 Å². The van der Waals surface area contributed by atoms with Crippen molar-refractivity contribution in [2.45, 2.75) is 0 Å². The van der Waals surface area contributed by atoms with Crippen LogP contribution in [0.3, 0.4) is 0 Å². The highest BCUT2D eigenvalue weighted by atomic mass is 35.5. The fraction of sp³-hybridized carbons (Fsp3) is 0.182. The minimum atomic E-state index is -1.36. The third kappa shape index (κ3) is 4.22. The van der Waals surface area contributed by atoms with Gasteiger partial charge in [-0.05, 0) is 18.2 Å². The molecule has 1 amide bonds. The van der Waals surface area contributed by atoms with Gasteiger partial charge in [-0.25, -0.2) is 4.39 Å².